The molecule has 0 saturated carbocycles. The first kappa shape index (κ1) is 24.6. The van der Waals surface area contributed by atoms with Gasteiger partial charge in [-0.05, 0) is 0 Å². The van der Waals surface area contributed by atoms with Crippen molar-refractivity contribution in [3.8, 4) is 0 Å². The van der Waals surface area contributed by atoms with Crippen LogP contribution in [-0.4, -0.2) is 5.24 Å². The predicted molar refractivity (Wildman–Crippen MR) is 29.7 cm³/mol. The van der Waals surface area contributed by atoms with Crippen LogP contribution in [0.1, 0.15) is 14.9 Å². The fourth-order valence-electron chi connectivity index (χ4n) is 0. The molecule has 0 unspecified atom stereocenters. The van der Waals surface area contributed by atoms with Crippen LogP contribution < -0.4 is 0 Å². The van der Waals surface area contributed by atoms with E-state index in [0.717, 1.165) is 0 Å². The molecule has 0 aliphatic heterocycles. The Kier molecular flexibility index (Phi) is 55.6. The van der Waals surface area contributed by atoms with Crippen molar-refractivity contribution in [2.45, 2.75) is 14.9 Å². The number of rotatable bonds is 0. The van der Waals surface area contributed by atoms with Crippen LogP contribution in [0.5, 0.6) is 0 Å². The van der Waals surface area contributed by atoms with Crippen molar-refractivity contribution in [1.82, 2.24) is 0 Å². The first-order valence-corrected chi connectivity index (χ1v) is 1.12. The molecule has 7 heavy (non-hydrogen) atoms. The van der Waals surface area contributed by atoms with Crippen molar-refractivity contribution in [1.29, 1.82) is 0 Å². The maximum Gasteiger partial charge on any atom is 0.0851 e. The summed E-state index contributed by atoms with van der Waals surface area (Å²) < 4.78 is 0. The third-order valence-electron chi connectivity index (χ3n) is 0. The van der Waals surface area contributed by atoms with Gasteiger partial charge in [-0.15, -0.1) is 0 Å². The molecular formula is C4H10ClOY-. The minimum absolute atomic E-state index is 0. The summed E-state index contributed by atoms with van der Waals surface area (Å²) in [5.41, 5.74) is 0. The Morgan fingerprint density at radius 2 is 1.43 bits per heavy atom. The van der Waals surface area contributed by atoms with Crippen LogP contribution in [-0.2, 0) is 37.5 Å². The van der Waals surface area contributed by atoms with Crippen molar-refractivity contribution < 1.29 is 37.5 Å². The van der Waals surface area contributed by atoms with Crippen LogP contribution in [0.4, 0.5) is 0 Å². The van der Waals surface area contributed by atoms with Gasteiger partial charge in [-0.1, -0.05) is 26.5 Å². The molecular weight excluding hydrogens is 188 g/mol. The molecule has 0 saturated heterocycles. The first-order valence-electron chi connectivity index (χ1n) is 0.747. The Morgan fingerprint density at radius 3 is 1.43 bits per heavy atom. The average molecular weight is 198 g/mol. The topological polar surface area (TPSA) is 17.1 Å². The summed E-state index contributed by atoms with van der Waals surface area (Å²) in [5, 5.41) is -0.611. The van der Waals surface area contributed by atoms with Crippen LogP contribution >= 0.6 is 11.6 Å². The van der Waals surface area contributed by atoms with Crippen LogP contribution in [0, 0.1) is 6.92 Å². The SMILES string of the molecule is C.C.[CH2-]C(=O)Cl.[Y]. The number of carbonyl (C=O) groups is 1. The molecule has 0 atom stereocenters. The molecule has 43 valence electrons. The molecule has 0 amide bonds. The number of carbonyl (C=O) groups excluding carboxylic acids is 1. The molecule has 0 bridgehead atoms. The number of hydrogen-bond acceptors (Lipinski definition) is 1. The van der Waals surface area contributed by atoms with E-state index in [9.17, 15) is 0 Å². The largest absolute Gasteiger partial charge is 0.323 e. The Labute approximate surface area is 75.7 Å². The van der Waals surface area contributed by atoms with Crippen molar-refractivity contribution in [2.75, 3.05) is 0 Å². The van der Waals surface area contributed by atoms with Gasteiger partial charge in [0.25, 0.3) is 0 Å². The molecule has 1 nitrogen and oxygen atoms in total. The third kappa shape index (κ3) is 194. The van der Waals surface area contributed by atoms with Gasteiger partial charge in [0.2, 0.25) is 0 Å². The van der Waals surface area contributed by atoms with E-state index < -0.39 is 5.24 Å². The van der Waals surface area contributed by atoms with Crippen molar-refractivity contribution in [2.24, 2.45) is 0 Å². The zero-order chi connectivity index (χ0) is 3.58. The summed E-state index contributed by atoms with van der Waals surface area (Å²) in [7, 11) is 0. The summed E-state index contributed by atoms with van der Waals surface area (Å²) in [6.45, 7) is 2.77. The minimum Gasteiger partial charge on any atom is -0.323 e. The fourth-order valence-corrected chi connectivity index (χ4v) is 0. The molecule has 0 N–H and O–H groups in total. The summed E-state index contributed by atoms with van der Waals surface area (Å²) in [4.78, 5) is 9.10. The summed E-state index contributed by atoms with van der Waals surface area (Å²) in [6, 6.07) is 0. The van der Waals surface area contributed by atoms with Gasteiger partial charge in [-0.25, -0.2) is 0 Å². The Hall–Kier alpha value is 0.934. The smallest absolute Gasteiger partial charge is 0.0851 e. The van der Waals surface area contributed by atoms with Gasteiger partial charge in [0.15, 0.2) is 0 Å². The molecule has 0 aromatic carbocycles. The summed E-state index contributed by atoms with van der Waals surface area (Å²) in [6.07, 6.45) is 0. The van der Waals surface area contributed by atoms with Crippen LogP contribution in [0.3, 0.4) is 0 Å². The van der Waals surface area contributed by atoms with Crippen molar-refractivity contribution in [3.05, 3.63) is 6.92 Å². The van der Waals surface area contributed by atoms with Gasteiger partial charge in [-0.2, -0.15) is 0 Å². The Morgan fingerprint density at radius 1 is 1.43 bits per heavy atom. The molecule has 0 aromatic rings. The molecule has 0 rings (SSSR count). The van der Waals surface area contributed by atoms with Gasteiger partial charge in [0, 0.05) is 32.7 Å². The average Bonchev–Trinajstić information content (AvgIpc) is 0.811. The molecule has 0 aromatic heterocycles. The standard InChI is InChI=1S/C2H2ClO.2CH4.Y/c1-2(3)4;;;/h1H2;2*1H4;/q-1;;;. The van der Waals surface area contributed by atoms with E-state index in [4.69, 9.17) is 4.79 Å². The van der Waals surface area contributed by atoms with E-state index in [1.807, 2.05) is 0 Å². The van der Waals surface area contributed by atoms with Gasteiger partial charge in [0.1, 0.15) is 0 Å². The molecule has 0 aliphatic carbocycles. The maximum atomic E-state index is 9.10. The van der Waals surface area contributed by atoms with Gasteiger partial charge < -0.3 is 11.7 Å². The van der Waals surface area contributed by atoms with E-state index in [0.29, 0.717) is 0 Å². The second-order valence-corrected chi connectivity index (χ2v) is 0.777. The summed E-state index contributed by atoms with van der Waals surface area (Å²) in [5.74, 6) is 0. The molecule has 0 spiro atoms. The number of halogens is 1. The minimum atomic E-state index is -0.611. The monoisotopic (exact) mass is 198 g/mol. The zero-order valence-corrected chi connectivity index (χ0v) is 6.16. The molecule has 3 heteroatoms. The van der Waals surface area contributed by atoms with Crippen LogP contribution in [0.25, 0.3) is 0 Å². The maximum absolute atomic E-state index is 9.10. The quantitative estimate of drug-likeness (QED) is 0.429. The van der Waals surface area contributed by atoms with E-state index in [1.165, 1.54) is 0 Å². The van der Waals surface area contributed by atoms with Crippen molar-refractivity contribution in [3.63, 3.8) is 0 Å². The first-order chi connectivity index (χ1) is 1.73. The van der Waals surface area contributed by atoms with E-state index in [2.05, 4.69) is 18.5 Å². The van der Waals surface area contributed by atoms with Gasteiger partial charge in [0.05, 0.1) is 5.24 Å². The third-order valence-corrected chi connectivity index (χ3v) is 0. The second kappa shape index (κ2) is 15.8. The number of hydrogen-bond donors (Lipinski definition) is 0. The van der Waals surface area contributed by atoms with Gasteiger partial charge >= 0.3 is 0 Å². The predicted octanol–water partition coefficient (Wildman–Crippen LogP) is 1.86. The van der Waals surface area contributed by atoms with Crippen LogP contribution in [0.15, 0.2) is 0 Å². The normalized spacial score (nSPS) is 3.57. The molecule has 1 radical (unpaired) electrons. The van der Waals surface area contributed by atoms with Crippen LogP contribution in [0.2, 0.25) is 0 Å². The molecule has 0 heterocycles. The second-order valence-electron chi connectivity index (χ2n) is 0.355. The Balaban J connectivity index is -0.0000000150. The zero-order valence-electron chi connectivity index (χ0n) is 2.57. The van der Waals surface area contributed by atoms with Crippen molar-refractivity contribution >= 4 is 16.8 Å². The fraction of sp³-hybridized carbons (Fsp3) is 0.500. The Bertz CT molecular complexity index is 34.7. The van der Waals surface area contributed by atoms with E-state index >= 15 is 0 Å². The van der Waals surface area contributed by atoms with Gasteiger partial charge in [-0.3, -0.25) is 0 Å². The van der Waals surface area contributed by atoms with E-state index in [1.54, 1.807) is 0 Å². The van der Waals surface area contributed by atoms with E-state index in [-0.39, 0.29) is 47.6 Å². The molecule has 0 aliphatic rings. The molecule has 0 fully saturated rings. The summed E-state index contributed by atoms with van der Waals surface area (Å²) >= 11 is 4.52.